The highest BCUT2D eigenvalue weighted by atomic mass is 32.1. The lowest BCUT2D eigenvalue weighted by Crippen LogP contribution is -2.24. The van der Waals surface area contributed by atoms with Crippen LogP contribution in [0.2, 0.25) is 0 Å². The summed E-state index contributed by atoms with van der Waals surface area (Å²) in [6.45, 7) is 9.02. The highest BCUT2D eigenvalue weighted by Gasteiger charge is 2.30. The monoisotopic (exact) mass is 275 g/mol. The van der Waals surface area contributed by atoms with Crippen molar-refractivity contribution < 1.29 is 0 Å². The van der Waals surface area contributed by atoms with Gasteiger partial charge >= 0.3 is 0 Å². The fourth-order valence-corrected chi connectivity index (χ4v) is 4.03. The van der Waals surface area contributed by atoms with Crippen molar-refractivity contribution in [1.82, 2.24) is 9.97 Å². The van der Waals surface area contributed by atoms with Crippen LogP contribution >= 0.6 is 11.3 Å². The maximum Gasteiger partial charge on any atom is 0.138 e. The molecule has 1 fully saturated rings. The van der Waals surface area contributed by atoms with Crippen LogP contribution in [0.4, 0.5) is 5.82 Å². The molecule has 0 amide bonds. The molecule has 2 aromatic heterocycles. The lowest BCUT2D eigenvalue weighted by molar-refractivity contribution is 0.435. The molecule has 3 nitrogen and oxygen atoms in total. The van der Waals surface area contributed by atoms with Crippen LogP contribution < -0.4 is 5.32 Å². The molecule has 3 rings (SSSR count). The van der Waals surface area contributed by atoms with Crippen molar-refractivity contribution >= 4 is 27.4 Å². The first-order valence-electron chi connectivity index (χ1n) is 7.05. The van der Waals surface area contributed by atoms with E-state index < -0.39 is 0 Å². The number of thiophene rings is 1. The minimum absolute atomic E-state index is 0.549. The molecular formula is C15H21N3S. The SMILES string of the molecule is Cc1sc2ncnc(NC3CCC(C)C3C)c2c1C. The smallest absolute Gasteiger partial charge is 0.138 e. The van der Waals surface area contributed by atoms with Gasteiger partial charge in [0.25, 0.3) is 0 Å². The fourth-order valence-electron chi connectivity index (χ4n) is 3.04. The van der Waals surface area contributed by atoms with Crippen molar-refractivity contribution in [3.63, 3.8) is 0 Å². The lowest BCUT2D eigenvalue weighted by atomic mass is 9.98. The van der Waals surface area contributed by atoms with E-state index >= 15 is 0 Å². The molecule has 3 atom stereocenters. The molecule has 0 aromatic carbocycles. The fraction of sp³-hybridized carbons (Fsp3) is 0.600. The molecule has 0 saturated heterocycles. The predicted molar refractivity (Wildman–Crippen MR) is 81.9 cm³/mol. The molecule has 1 aliphatic carbocycles. The first-order valence-corrected chi connectivity index (χ1v) is 7.86. The van der Waals surface area contributed by atoms with Crippen LogP contribution in [0.5, 0.6) is 0 Å². The summed E-state index contributed by atoms with van der Waals surface area (Å²) in [6.07, 6.45) is 4.24. The van der Waals surface area contributed by atoms with Gasteiger partial charge < -0.3 is 5.32 Å². The van der Waals surface area contributed by atoms with Gasteiger partial charge in [-0.2, -0.15) is 0 Å². The van der Waals surface area contributed by atoms with Gasteiger partial charge in [0.2, 0.25) is 0 Å². The summed E-state index contributed by atoms with van der Waals surface area (Å²) in [4.78, 5) is 11.3. The third-order valence-corrected chi connectivity index (χ3v) is 5.87. The zero-order valence-corrected chi connectivity index (χ0v) is 12.8. The summed E-state index contributed by atoms with van der Waals surface area (Å²) in [5.74, 6) is 2.54. The van der Waals surface area contributed by atoms with Crippen LogP contribution in [-0.4, -0.2) is 16.0 Å². The van der Waals surface area contributed by atoms with E-state index in [2.05, 4.69) is 43.0 Å². The summed E-state index contributed by atoms with van der Waals surface area (Å²) >= 11 is 1.76. The Bertz CT molecular complexity index is 605. The Morgan fingerprint density at radius 3 is 2.68 bits per heavy atom. The highest BCUT2D eigenvalue weighted by molar-refractivity contribution is 7.18. The summed E-state index contributed by atoms with van der Waals surface area (Å²) in [6, 6.07) is 0.549. The number of nitrogens with zero attached hydrogens (tertiary/aromatic N) is 2. The normalized spacial score (nSPS) is 27.1. The van der Waals surface area contributed by atoms with Gasteiger partial charge in [-0.1, -0.05) is 13.8 Å². The van der Waals surface area contributed by atoms with Crippen LogP contribution in [0.25, 0.3) is 10.2 Å². The number of fused-ring (bicyclic) bond motifs is 1. The van der Waals surface area contributed by atoms with Crippen molar-refractivity contribution in [2.45, 2.75) is 46.6 Å². The van der Waals surface area contributed by atoms with E-state index in [4.69, 9.17) is 0 Å². The van der Waals surface area contributed by atoms with Crippen LogP contribution in [0.3, 0.4) is 0 Å². The second kappa shape index (κ2) is 4.75. The number of anilines is 1. The van der Waals surface area contributed by atoms with Crippen molar-refractivity contribution in [2.75, 3.05) is 5.32 Å². The Balaban J connectivity index is 1.97. The molecular weight excluding hydrogens is 254 g/mol. The molecule has 102 valence electrons. The molecule has 3 unspecified atom stereocenters. The van der Waals surface area contributed by atoms with Gasteiger partial charge in [0.05, 0.1) is 5.39 Å². The highest BCUT2D eigenvalue weighted by Crippen LogP contribution is 2.36. The van der Waals surface area contributed by atoms with E-state index in [9.17, 15) is 0 Å². The molecule has 1 saturated carbocycles. The number of rotatable bonds is 2. The van der Waals surface area contributed by atoms with E-state index in [1.165, 1.54) is 28.7 Å². The van der Waals surface area contributed by atoms with E-state index in [1.807, 2.05) is 0 Å². The van der Waals surface area contributed by atoms with Gasteiger partial charge in [0.1, 0.15) is 17.0 Å². The third-order valence-electron chi connectivity index (χ3n) is 4.75. The van der Waals surface area contributed by atoms with E-state index in [1.54, 1.807) is 17.7 Å². The van der Waals surface area contributed by atoms with Crippen LogP contribution in [0, 0.1) is 25.7 Å². The van der Waals surface area contributed by atoms with Crippen LogP contribution in [0.15, 0.2) is 6.33 Å². The molecule has 19 heavy (non-hydrogen) atoms. The largest absolute Gasteiger partial charge is 0.366 e. The lowest BCUT2D eigenvalue weighted by Gasteiger charge is -2.20. The second-order valence-corrected chi connectivity index (χ2v) is 7.05. The van der Waals surface area contributed by atoms with E-state index in [0.29, 0.717) is 12.0 Å². The topological polar surface area (TPSA) is 37.8 Å². The second-order valence-electron chi connectivity index (χ2n) is 5.85. The van der Waals surface area contributed by atoms with Crippen molar-refractivity contribution in [3.05, 3.63) is 16.8 Å². The average Bonchev–Trinajstić information content (AvgIpc) is 2.85. The zero-order chi connectivity index (χ0) is 13.6. The first-order chi connectivity index (χ1) is 9.08. The maximum absolute atomic E-state index is 4.49. The summed E-state index contributed by atoms with van der Waals surface area (Å²) < 4.78 is 0. The number of nitrogens with one attached hydrogen (secondary N) is 1. The van der Waals surface area contributed by atoms with Crippen LogP contribution in [-0.2, 0) is 0 Å². The molecule has 2 aromatic rings. The number of aromatic nitrogens is 2. The Morgan fingerprint density at radius 1 is 1.21 bits per heavy atom. The first kappa shape index (κ1) is 12.9. The van der Waals surface area contributed by atoms with E-state index in [-0.39, 0.29) is 0 Å². The van der Waals surface area contributed by atoms with E-state index in [0.717, 1.165) is 16.6 Å². The predicted octanol–water partition coefficient (Wildman–Crippen LogP) is 4.15. The molecule has 0 aliphatic heterocycles. The van der Waals surface area contributed by atoms with Crippen molar-refractivity contribution in [1.29, 1.82) is 0 Å². The van der Waals surface area contributed by atoms with Crippen molar-refractivity contribution in [3.8, 4) is 0 Å². The molecule has 4 heteroatoms. The van der Waals surface area contributed by atoms with Gasteiger partial charge in [-0.25, -0.2) is 9.97 Å². The summed E-state index contributed by atoms with van der Waals surface area (Å²) in [5, 5.41) is 4.89. The third kappa shape index (κ3) is 2.12. The Labute approximate surface area is 118 Å². The van der Waals surface area contributed by atoms with Crippen LogP contribution in [0.1, 0.15) is 37.1 Å². The number of hydrogen-bond donors (Lipinski definition) is 1. The molecule has 1 aliphatic rings. The Kier molecular flexibility index (Phi) is 3.21. The Hall–Kier alpha value is -1.16. The molecule has 0 radical (unpaired) electrons. The van der Waals surface area contributed by atoms with Gasteiger partial charge in [0.15, 0.2) is 0 Å². The standard InChI is InChI=1S/C15H21N3S/c1-8-5-6-12(9(8)2)18-14-13-10(3)11(4)19-15(13)17-7-16-14/h7-9,12H,5-6H2,1-4H3,(H,16,17,18). The average molecular weight is 275 g/mol. The molecule has 1 N–H and O–H groups in total. The number of hydrogen-bond acceptors (Lipinski definition) is 4. The van der Waals surface area contributed by atoms with Gasteiger partial charge in [-0.05, 0) is 44.1 Å². The summed E-state index contributed by atoms with van der Waals surface area (Å²) in [5.41, 5.74) is 1.32. The minimum atomic E-state index is 0.549. The maximum atomic E-state index is 4.49. The minimum Gasteiger partial charge on any atom is -0.366 e. The molecule has 2 heterocycles. The molecule has 0 spiro atoms. The quantitative estimate of drug-likeness (QED) is 0.894. The van der Waals surface area contributed by atoms with Gasteiger partial charge in [0, 0.05) is 10.9 Å². The van der Waals surface area contributed by atoms with Crippen molar-refractivity contribution in [2.24, 2.45) is 11.8 Å². The number of aryl methyl sites for hydroxylation is 2. The zero-order valence-electron chi connectivity index (χ0n) is 12.0. The Morgan fingerprint density at radius 2 is 2.00 bits per heavy atom. The van der Waals surface area contributed by atoms with Gasteiger partial charge in [-0.3, -0.25) is 0 Å². The molecule has 0 bridgehead atoms. The van der Waals surface area contributed by atoms with Gasteiger partial charge in [-0.15, -0.1) is 11.3 Å². The summed E-state index contributed by atoms with van der Waals surface area (Å²) in [7, 11) is 0.